The molecule has 1 aliphatic heterocycles. The number of benzene rings is 5. The van der Waals surface area contributed by atoms with Crippen molar-refractivity contribution in [1.82, 2.24) is 0 Å². The third-order valence-electron chi connectivity index (χ3n) is 8.16. The number of epoxide rings is 1. The van der Waals surface area contributed by atoms with Crippen LogP contribution < -0.4 is 0 Å². The minimum atomic E-state index is -4.03. The first kappa shape index (κ1) is 32.8. The Morgan fingerprint density at radius 3 is 1.63 bits per heavy atom. The second kappa shape index (κ2) is 14.7. The van der Waals surface area contributed by atoms with Crippen LogP contribution in [0.3, 0.4) is 0 Å². The van der Waals surface area contributed by atoms with E-state index in [1.54, 1.807) is 66.7 Å². The lowest BCUT2D eigenvalue weighted by Crippen LogP contribution is -2.34. The van der Waals surface area contributed by atoms with Crippen LogP contribution in [0.2, 0.25) is 0 Å². The Morgan fingerprint density at radius 2 is 1.17 bits per heavy atom. The number of aryl methyl sites for hydroxylation is 1. The monoisotopic (exact) mass is 630 g/mol. The lowest BCUT2D eigenvalue weighted by molar-refractivity contribution is 0.0300. The van der Waals surface area contributed by atoms with Gasteiger partial charge in [-0.1, -0.05) is 153 Å². The highest BCUT2D eigenvalue weighted by Gasteiger charge is 2.45. The van der Waals surface area contributed by atoms with Crippen molar-refractivity contribution in [3.63, 3.8) is 0 Å². The maximum atomic E-state index is 12.6. The number of aliphatic hydroxyl groups is 1. The Labute approximate surface area is 272 Å². The molecular weight excluding hydrogens is 593 g/mol. The maximum Gasteiger partial charge on any atom is 0.297 e. The summed E-state index contributed by atoms with van der Waals surface area (Å²) >= 11 is 0. The fraction of sp³-hybridized carbons (Fsp3) is 0.150. The fourth-order valence-electron chi connectivity index (χ4n) is 5.21. The summed E-state index contributed by atoms with van der Waals surface area (Å²) in [6, 6.07) is 43.1. The number of hydrogen-bond acceptors (Lipinski definition) is 5. The summed E-state index contributed by atoms with van der Waals surface area (Å²) < 4.78 is 36.2. The summed E-state index contributed by atoms with van der Waals surface area (Å²) in [7, 11) is -4.03. The smallest absolute Gasteiger partial charge is 0.297 e. The largest absolute Gasteiger partial charge is 0.378 e. The summed E-state index contributed by atoms with van der Waals surface area (Å²) in [4.78, 5) is 0.0246. The van der Waals surface area contributed by atoms with Crippen LogP contribution in [0.4, 0.5) is 0 Å². The average Bonchev–Trinajstić information content (AvgIpc) is 3.93. The van der Waals surface area contributed by atoms with Crippen molar-refractivity contribution in [2.75, 3.05) is 13.2 Å². The van der Waals surface area contributed by atoms with Crippen LogP contribution >= 0.6 is 0 Å². The molecule has 1 heterocycles. The molecule has 6 rings (SSSR count). The van der Waals surface area contributed by atoms with Gasteiger partial charge in [0.05, 0.1) is 11.5 Å². The van der Waals surface area contributed by atoms with Crippen LogP contribution in [-0.2, 0) is 36.7 Å². The Balaban J connectivity index is 0.000000192. The SMILES string of the molecule is C=Cc1ccc(CCC2(c3ccccc3)CO2)cc1.C=Cc1ccc(S(=O)(=O)OCC(O)(c2ccccc2)c2ccccc2)cc1. The van der Waals surface area contributed by atoms with Gasteiger partial charge in [-0.05, 0) is 58.4 Å². The second-order valence-corrected chi connectivity index (χ2v) is 12.8. The molecule has 46 heavy (non-hydrogen) atoms. The number of hydrogen-bond donors (Lipinski definition) is 1. The molecule has 0 aliphatic carbocycles. The van der Waals surface area contributed by atoms with Crippen LogP contribution in [0.5, 0.6) is 0 Å². The summed E-state index contributed by atoms with van der Waals surface area (Å²) in [5.74, 6) is 0. The van der Waals surface area contributed by atoms with E-state index < -0.39 is 22.3 Å². The first-order valence-corrected chi connectivity index (χ1v) is 16.6. The van der Waals surface area contributed by atoms with Gasteiger partial charge in [-0.3, -0.25) is 4.18 Å². The van der Waals surface area contributed by atoms with Crippen molar-refractivity contribution in [3.05, 3.63) is 186 Å². The fourth-order valence-corrected chi connectivity index (χ4v) is 6.14. The predicted molar refractivity (Wildman–Crippen MR) is 184 cm³/mol. The van der Waals surface area contributed by atoms with Gasteiger partial charge in [-0.15, -0.1) is 0 Å². The Morgan fingerprint density at radius 1 is 0.717 bits per heavy atom. The maximum absolute atomic E-state index is 12.6. The van der Waals surface area contributed by atoms with Crippen LogP contribution in [0.15, 0.2) is 158 Å². The van der Waals surface area contributed by atoms with Gasteiger partial charge >= 0.3 is 0 Å². The molecule has 1 atom stereocenters. The van der Waals surface area contributed by atoms with Crippen LogP contribution in [0.25, 0.3) is 12.2 Å². The standard InChI is InChI=1S/C22H20O4S.C18H18O/c1-2-18-13-15-21(16-14-18)27(24,25)26-17-22(23,19-9-5-3-6-10-19)20-11-7-4-8-12-20;1-2-15-8-10-16(11-9-15)12-13-18(14-19-18)17-6-4-3-5-7-17/h2-16,23H,1,17H2;2-11H,1,12-14H2. The van der Waals surface area contributed by atoms with E-state index in [4.69, 9.17) is 8.92 Å². The molecule has 6 heteroatoms. The van der Waals surface area contributed by atoms with E-state index in [0.29, 0.717) is 11.1 Å². The van der Waals surface area contributed by atoms with E-state index in [2.05, 4.69) is 61.7 Å². The number of ether oxygens (including phenoxy) is 1. The molecule has 5 aromatic rings. The van der Waals surface area contributed by atoms with Gasteiger partial charge in [0.15, 0.2) is 0 Å². The van der Waals surface area contributed by atoms with Crippen LogP contribution in [0, 0.1) is 0 Å². The van der Waals surface area contributed by atoms with Crippen molar-refractivity contribution in [3.8, 4) is 0 Å². The average molecular weight is 631 g/mol. The van der Waals surface area contributed by atoms with E-state index in [1.165, 1.54) is 28.8 Å². The molecule has 0 radical (unpaired) electrons. The van der Waals surface area contributed by atoms with Gasteiger partial charge in [-0.2, -0.15) is 8.42 Å². The van der Waals surface area contributed by atoms with Crippen LogP contribution in [-0.4, -0.2) is 26.7 Å². The topological polar surface area (TPSA) is 76.1 Å². The molecule has 0 spiro atoms. The zero-order valence-corrected chi connectivity index (χ0v) is 26.5. The summed E-state index contributed by atoms with van der Waals surface area (Å²) in [5.41, 5.74) is 4.11. The van der Waals surface area contributed by atoms with Crippen molar-refractivity contribution < 1.29 is 22.4 Å². The molecule has 0 aromatic heterocycles. The molecule has 1 saturated heterocycles. The summed E-state index contributed by atoms with van der Waals surface area (Å²) in [6.07, 6.45) is 5.59. The molecule has 1 N–H and O–H groups in total. The van der Waals surface area contributed by atoms with E-state index in [1.807, 2.05) is 24.3 Å². The Bertz CT molecular complexity index is 1770. The predicted octanol–water partition coefficient (Wildman–Crippen LogP) is 8.16. The van der Waals surface area contributed by atoms with Gasteiger partial charge in [0.25, 0.3) is 10.1 Å². The second-order valence-electron chi connectivity index (χ2n) is 11.2. The molecule has 1 aliphatic rings. The zero-order valence-electron chi connectivity index (χ0n) is 25.7. The lowest BCUT2D eigenvalue weighted by atomic mass is 9.87. The Kier molecular flexibility index (Phi) is 10.5. The number of rotatable bonds is 12. The first-order chi connectivity index (χ1) is 22.3. The molecule has 0 amide bonds. The minimum absolute atomic E-state index is 0.0246. The molecule has 1 unspecified atom stereocenters. The van der Waals surface area contributed by atoms with E-state index in [-0.39, 0.29) is 10.5 Å². The third kappa shape index (κ3) is 7.97. The van der Waals surface area contributed by atoms with Gasteiger partial charge in [-0.25, -0.2) is 0 Å². The molecule has 0 saturated carbocycles. The normalized spacial score (nSPS) is 15.7. The van der Waals surface area contributed by atoms with Crippen LogP contribution in [0.1, 0.15) is 39.8 Å². The van der Waals surface area contributed by atoms with Crippen molar-refractivity contribution >= 4 is 22.3 Å². The Hall–Kier alpha value is -4.59. The lowest BCUT2D eigenvalue weighted by Gasteiger charge is -2.28. The quantitative estimate of drug-likeness (QED) is 0.111. The highest BCUT2D eigenvalue weighted by Crippen LogP contribution is 2.42. The van der Waals surface area contributed by atoms with Gasteiger partial charge in [0.2, 0.25) is 0 Å². The summed E-state index contributed by atoms with van der Waals surface area (Å²) in [5, 5.41) is 11.3. The highest BCUT2D eigenvalue weighted by atomic mass is 32.2. The molecule has 0 bridgehead atoms. The van der Waals surface area contributed by atoms with E-state index in [0.717, 1.165) is 25.0 Å². The minimum Gasteiger partial charge on any atom is -0.378 e. The van der Waals surface area contributed by atoms with Crippen molar-refractivity contribution in [1.29, 1.82) is 0 Å². The van der Waals surface area contributed by atoms with Gasteiger partial charge < -0.3 is 9.84 Å². The van der Waals surface area contributed by atoms with Gasteiger partial charge in [0.1, 0.15) is 17.8 Å². The molecule has 1 fully saturated rings. The highest BCUT2D eigenvalue weighted by molar-refractivity contribution is 7.86. The molecule has 234 valence electrons. The molecular formula is C40H38O5S. The zero-order chi connectivity index (χ0) is 32.5. The van der Waals surface area contributed by atoms with Crippen molar-refractivity contribution in [2.24, 2.45) is 0 Å². The van der Waals surface area contributed by atoms with Crippen molar-refractivity contribution in [2.45, 2.75) is 28.9 Å². The van der Waals surface area contributed by atoms with E-state index in [9.17, 15) is 13.5 Å². The van der Waals surface area contributed by atoms with Gasteiger partial charge in [0, 0.05) is 0 Å². The molecule has 5 nitrogen and oxygen atoms in total. The third-order valence-corrected chi connectivity index (χ3v) is 9.43. The van der Waals surface area contributed by atoms with E-state index >= 15 is 0 Å². The molecule has 5 aromatic carbocycles. The first-order valence-electron chi connectivity index (χ1n) is 15.1. The summed E-state index contributed by atoms with van der Waals surface area (Å²) in [6.45, 7) is 7.83.